The summed E-state index contributed by atoms with van der Waals surface area (Å²) >= 11 is 0. The lowest BCUT2D eigenvalue weighted by atomic mass is 9.99. The Morgan fingerprint density at radius 2 is 1.81 bits per heavy atom. The fraction of sp³-hybridized carbons (Fsp3) is 0.933. The predicted molar refractivity (Wildman–Crippen MR) is 83.5 cm³/mol. The molecule has 1 N–H and O–H groups in total. The molecule has 0 radical (unpaired) electrons. The van der Waals surface area contributed by atoms with Crippen molar-refractivity contribution >= 4 is 15.7 Å². The molecule has 0 saturated carbocycles. The molecule has 2 rings (SSSR count). The lowest BCUT2D eigenvalue weighted by molar-refractivity contribution is -0.133. The van der Waals surface area contributed by atoms with Gasteiger partial charge in [0.25, 0.3) is 0 Å². The molecule has 2 saturated heterocycles. The van der Waals surface area contributed by atoms with Crippen LogP contribution < -0.4 is 5.32 Å². The van der Waals surface area contributed by atoms with Crippen molar-refractivity contribution in [2.45, 2.75) is 65.2 Å². The van der Waals surface area contributed by atoms with Crippen molar-refractivity contribution < 1.29 is 13.2 Å². The first-order valence-electron chi connectivity index (χ1n) is 8.05. The molecule has 2 fully saturated rings. The molecule has 0 aromatic heterocycles. The van der Waals surface area contributed by atoms with Gasteiger partial charge in [0.05, 0.1) is 23.7 Å². The quantitative estimate of drug-likeness (QED) is 0.851. The van der Waals surface area contributed by atoms with Crippen LogP contribution in [0.3, 0.4) is 0 Å². The number of carbonyl (C=O) groups excluding carboxylic acids is 1. The molecule has 1 amide bonds. The van der Waals surface area contributed by atoms with Gasteiger partial charge in [-0.05, 0) is 24.7 Å². The molecular formula is C15H28N2O3S. The van der Waals surface area contributed by atoms with E-state index in [-0.39, 0.29) is 35.7 Å². The summed E-state index contributed by atoms with van der Waals surface area (Å²) in [5.41, 5.74) is 0. The minimum absolute atomic E-state index is 0.0299. The Bertz CT molecular complexity index is 475. The number of rotatable bonds is 4. The third-order valence-electron chi connectivity index (χ3n) is 4.93. The van der Waals surface area contributed by atoms with Gasteiger partial charge in [-0.1, -0.05) is 34.1 Å². The van der Waals surface area contributed by atoms with E-state index in [9.17, 15) is 13.2 Å². The molecule has 2 heterocycles. The number of nitrogens with zero attached hydrogens (tertiary/aromatic N) is 1. The molecule has 0 bridgehead atoms. The van der Waals surface area contributed by atoms with E-state index in [0.29, 0.717) is 24.7 Å². The number of amides is 1. The van der Waals surface area contributed by atoms with Gasteiger partial charge in [-0.2, -0.15) is 0 Å². The van der Waals surface area contributed by atoms with Gasteiger partial charge in [0.2, 0.25) is 5.91 Å². The molecule has 0 spiro atoms. The van der Waals surface area contributed by atoms with E-state index in [4.69, 9.17) is 0 Å². The number of hydrogen-bond donors (Lipinski definition) is 1. The van der Waals surface area contributed by atoms with E-state index in [1.807, 2.05) is 4.90 Å². The Kier molecular flexibility index (Phi) is 4.98. The summed E-state index contributed by atoms with van der Waals surface area (Å²) in [6.45, 7) is 8.41. The Balaban J connectivity index is 2.17. The largest absolute Gasteiger partial charge is 0.322 e. The van der Waals surface area contributed by atoms with E-state index >= 15 is 0 Å². The van der Waals surface area contributed by atoms with Crippen molar-refractivity contribution in [1.29, 1.82) is 0 Å². The minimum Gasteiger partial charge on any atom is -0.322 e. The smallest absolute Gasteiger partial charge is 0.241 e. The van der Waals surface area contributed by atoms with E-state index < -0.39 is 9.84 Å². The Hall–Kier alpha value is -0.620. The Morgan fingerprint density at radius 1 is 1.24 bits per heavy atom. The molecule has 6 heteroatoms. The van der Waals surface area contributed by atoms with Crippen molar-refractivity contribution in [3.8, 4) is 0 Å². The highest BCUT2D eigenvalue weighted by molar-refractivity contribution is 7.91. The van der Waals surface area contributed by atoms with Gasteiger partial charge in [0.1, 0.15) is 9.84 Å². The highest BCUT2D eigenvalue weighted by atomic mass is 32.2. The zero-order valence-corrected chi connectivity index (χ0v) is 14.3. The highest BCUT2D eigenvalue weighted by Crippen LogP contribution is 2.29. The molecule has 3 atom stereocenters. The first-order chi connectivity index (χ1) is 9.76. The molecular weight excluding hydrogens is 288 g/mol. The summed E-state index contributed by atoms with van der Waals surface area (Å²) in [7, 11) is -2.89. The molecule has 3 unspecified atom stereocenters. The molecule has 0 aromatic carbocycles. The van der Waals surface area contributed by atoms with Crippen molar-refractivity contribution in [2.75, 3.05) is 11.5 Å². The first-order valence-corrected chi connectivity index (χ1v) is 9.87. The SMILES string of the molecule is CCC(C)C1NC(C(C)C)N(C2CCS(=O)(=O)CC2)C1=O. The van der Waals surface area contributed by atoms with Crippen LogP contribution in [0, 0.1) is 11.8 Å². The third-order valence-corrected chi connectivity index (χ3v) is 6.65. The highest BCUT2D eigenvalue weighted by Gasteiger charge is 2.46. The summed E-state index contributed by atoms with van der Waals surface area (Å²) in [5, 5.41) is 3.49. The normalized spacial score (nSPS) is 31.9. The second-order valence-electron chi connectivity index (χ2n) is 6.85. The Labute approximate surface area is 128 Å². The van der Waals surface area contributed by atoms with Crippen molar-refractivity contribution in [3.05, 3.63) is 0 Å². The van der Waals surface area contributed by atoms with Crippen LogP contribution in [-0.2, 0) is 14.6 Å². The number of hydrogen-bond acceptors (Lipinski definition) is 4. The summed E-state index contributed by atoms with van der Waals surface area (Å²) in [4.78, 5) is 14.7. The number of carbonyl (C=O) groups is 1. The van der Waals surface area contributed by atoms with Crippen LogP contribution in [0.25, 0.3) is 0 Å². The van der Waals surface area contributed by atoms with Gasteiger partial charge in [0, 0.05) is 6.04 Å². The zero-order chi connectivity index (χ0) is 15.8. The van der Waals surface area contributed by atoms with Crippen molar-refractivity contribution in [2.24, 2.45) is 11.8 Å². The topological polar surface area (TPSA) is 66.5 Å². The first kappa shape index (κ1) is 16.7. The van der Waals surface area contributed by atoms with E-state index in [1.165, 1.54) is 0 Å². The molecule has 0 aliphatic carbocycles. The van der Waals surface area contributed by atoms with E-state index in [0.717, 1.165) is 6.42 Å². The van der Waals surface area contributed by atoms with Gasteiger partial charge in [-0.3, -0.25) is 10.1 Å². The van der Waals surface area contributed by atoms with Gasteiger partial charge < -0.3 is 4.90 Å². The second-order valence-corrected chi connectivity index (χ2v) is 9.15. The lowest BCUT2D eigenvalue weighted by Crippen LogP contribution is -2.50. The molecule has 2 aliphatic rings. The van der Waals surface area contributed by atoms with Crippen LogP contribution in [0.5, 0.6) is 0 Å². The van der Waals surface area contributed by atoms with Crippen molar-refractivity contribution in [1.82, 2.24) is 10.2 Å². The molecule has 2 aliphatic heterocycles. The van der Waals surface area contributed by atoms with Gasteiger partial charge >= 0.3 is 0 Å². The Morgan fingerprint density at radius 3 is 2.29 bits per heavy atom. The molecule has 122 valence electrons. The van der Waals surface area contributed by atoms with Crippen LogP contribution in [0.1, 0.15) is 47.0 Å². The summed E-state index contributed by atoms with van der Waals surface area (Å²) in [6.07, 6.45) is 2.14. The average molecular weight is 316 g/mol. The summed E-state index contributed by atoms with van der Waals surface area (Å²) in [5.74, 6) is 1.20. The zero-order valence-electron chi connectivity index (χ0n) is 13.5. The fourth-order valence-corrected chi connectivity index (χ4v) is 4.82. The van der Waals surface area contributed by atoms with Gasteiger partial charge in [-0.25, -0.2) is 8.42 Å². The van der Waals surface area contributed by atoms with Gasteiger partial charge in [-0.15, -0.1) is 0 Å². The van der Waals surface area contributed by atoms with Crippen LogP contribution in [0.15, 0.2) is 0 Å². The molecule has 5 nitrogen and oxygen atoms in total. The standard InChI is InChI=1S/C15H28N2O3S/c1-5-11(4)13-15(18)17(14(16-13)10(2)3)12-6-8-21(19,20)9-7-12/h10-14,16H,5-9H2,1-4H3. The predicted octanol–water partition coefficient (Wildman–Crippen LogP) is 1.39. The van der Waals surface area contributed by atoms with Crippen LogP contribution in [0.2, 0.25) is 0 Å². The van der Waals surface area contributed by atoms with E-state index in [1.54, 1.807) is 0 Å². The second kappa shape index (κ2) is 6.24. The molecule has 0 aromatic rings. The van der Waals surface area contributed by atoms with Gasteiger partial charge in [0.15, 0.2) is 0 Å². The maximum atomic E-state index is 12.8. The minimum atomic E-state index is -2.89. The summed E-state index contributed by atoms with van der Waals surface area (Å²) < 4.78 is 23.2. The average Bonchev–Trinajstić information content (AvgIpc) is 2.76. The van der Waals surface area contributed by atoms with E-state index in [2.05, 4.69) is 33.0 Å². The summed E-state index contributed by atoms with van der Waals surface area (Å²) in [6, 6.07) is -0.0593. The molecule has 21 heavy (non-hydrogen) atoms. The van der Waals surface area contributed by atoms with Crippen LogP contribution in [-0.4, -0.2) is 49.0 Å². The van der Waals surface area contributed by atoms with Crippen LogP contribution >= 0.6 is 0 Å². The maximum absolute atomic E-state index is 12.8. The number of nitrogens with one attached hydrogen (secondary N) is 1. The van der Waals surface area contributed by atoms with Crippen LogP contribution in [0.4, 0.5) is 0 Å². The monoisotopic (exact) mass is 316 g/mol. The third kappa shape index (κ3) is 3.42. The lowest BCUT2D eigenvalue weighted by Gasteiger charge is -2.36. The number of sulfone groups is 1. The maximum Gasteiger partial charge on any atom is 0.241 e. The van der Waals surface area contributed by atoms with Crippen molar-refractivity contribution in [3.63, 3.8) is 0 Å². The fourth-order valence-electron chi connectivity index (χ4n) is 3.35.